The molecule has 1 aliphatic heterocycles. The number of carbonyl (C=O) groups is 1. The summed E-state index contributed by atoms with van der Waals surface area (Å²) in [5.41, 5.74) is 0.585. The molecule has 1 saturated heterocycles. The second-order valence-corrected chi connectivity index (χ2v) is 9.46. The average molecular weight is 458 g/mol. The van der Waals surface area contributed by atoms with E-state index in [0.717, 1.165) is 0 Å². The third kappa shape index (κ3) is 5.02. The summed E-state index contributed by atoms with van der Waals surface area (Å²) in [6.45, 7) is 2.02. The Bertz CT molecular complexity index is 1000. The van der Waals surface area contributed by atoms with Crippen molar-refractivity contribution in [3.63, 3.8) is 0 Å². The normalized spacial score (nSPS) is 15.9. The predicted octanol–water partition coefficient (Wildman–Crippen LogP) is 3.19. The van der Waals surface area contributed by atoms with Crippen LogP contribution in [0.4, 0.5) is 5.69 Å². The van der Waals surface area contributed by atoms with E-state index in [-0.39, 0.29) is 16.2 Å². The average Bonchev–Trinajstić information content (AvgIpc) is 2.67. The maximum absolute atomic E-state index is 13.2. The largest absolute Gasteiger partial charge is 0.495 e. The number of hydrogen-bond donors (Lipinski definition) is 1. The number of amides is 1. The monoisotopic (exact) mass is 457 g/mol. The highest BCUT2D eigenvalue weighted by Gasteiger charge is 2.30. The summed E-state index contributed by atoms with van der Waals surface area (Å²) in [6.07, 6.45) is 0. The van der Waals surface area contributed by atoms with Crippen LogP contribution in [-0.2, 0) is 10.0 Å². The molecule has 0 unspecified atom stereocenters. The van der Waals surface area contributed by atoms with Gasteiger partial charge in [-0.05, 0) is 43.4 Å². The molecule has 10 heteroatoms. The highest BCUT2D eigenvalue weighted by molar-refractivity contribution is 7.89. The van der Waals surface area contributed by atoms with E-state index in [1.54, 1.807) is 18.2 Å². The first kappa shape index (κ1) is 21.9. The van der Waals surface area contributed by atoms with Crippen molar-refractivity contribution in [2.45, 2.75) is 4.90 Å². The van der Waals surface area contributed by atoms with Crippen molar-refractivity contribution in [2.24, 2.45) is 0 Å². The molecule has 7 nitrogen and oxygen atoms in total. The molecule has 2 aromatic carbocycles. The first-order valence-corrected chi connectivity index (χ1v) is 11.0. The fourth-order valence-electron chi connectivity index (χ4n) is 3.02. The van der Waals surface area contributed by atoms with Crippen LogP contribution in [0.5, 0.6) is 5.75 Å². The molecule has 0 saturated carbocycles. The van der Waals surface area contributed by atoms with E-state index in [2.05, 4.69) is 10.2 Å². The summed E-state index contributed by atoms with van der Waals surface area (Å²) in [4.78, 5) is 14.7. The highest BCUT2D eigenvalue weighted by atomic mass is 35.5. The predicted molar refractivity (Wildman–Crippen MR) is 114 cm³/mol. The van der Waals surface area contributed by atoms with E-state index >= 15 is 0 Å². The highest BCUT2D eigenvalue weighted by Crippen LogP contribution is 2.29. The molecule has 156 valence electrons. The molecule has 2 aromatic rings. The minimum atomic E-state index is -3.81. The lowest BCUT2D eigenvalue weighted by molar-refractivity contribution is 0.102. The lowest BCUT2D eigenvalue weighted by atomic mass is 10.2. The Kier molecular flexibility index (Phi) is 6.70. The van der Waals surface area contributed by atoms with Gasteiger partial charge in [-0.25, -0.2) is 8.42 Å². The lowest BCUT2D eigenvalue weighted by Crippen LogP contribution is -2.47. The molecule has 0 spiro atoms. The Balaban J connectivity index is 1.91. The van der Waals surface area contributed by atoms with Gasteiger partial charge < -0.3 is 15.0 Å². The van der Waals surface area contributed by atoms with Gasteiger partial charge in [-0.15, -0.1) is 0 Å². The number of sulfonamides is 1. The van der Waals surface area contributed by atoms with Gasteiger partial charge in [0.25, 0.3) is 5.91 Å². The van der Waals surface area contributed by atoms with E-state index in [9.17, 15) is 13.2 Å². The molecule has 0 atom stereocenters. The van der Waals surface area contributed by atoms with Crippen molar-refractivity contribution in [3.05, 3.63) is 52.0 Å². The first-order chi connectivity index (χ1) is 13.7. The van der Waals surface area contributed by atoms with E-state index in [1.807, 2.05) is 7.05 Å². The molecule has 3 rings (SSSR count). The fraction of sp³-hybridized carbons (Fsp3) is 0.316. The van der Waals surface area contributed by atoms with Crippen molar-refractivity contribution < 1.29 is 17.9 Å². The number of benzene rings is 2. The number of piperazine rings is 1. The molecule has 0 bridgehead atoms. The smallest absolute Gasteiger partial charge is 0.255 e. The van der Waals surface area contributed by atoms with Crippen LogP contribution in [0.25, 0.3) is 0 Å². The van der Waals surface area contributed by atoms with E-state index < -0.39 is 15.9 Å². The number of rotatable bonds is 5. The maximum atomic E-state index is 13.2. The van der Waals surface area contributed by atoms with Crippen LogP contribution in [0.1, 0.15) is 10.4 Å². The molecular weight excluding hydrogens is 437 g/mol. The van der Waals surface area contributed by atoms with E-state index in [0.29, 0.717) is 41.9 Å². The lowest BCUT2D eigenvalue weighted by Gasteiger charge is -2.31. The van der Waals surface area contributed by atoms with Gasteiger partial charge in [0.2, 0.25) is 10.0 Å². The molecule has 1 heterocycles. The summed E-state index contributed by atoms with van der Waals surface area (Å²) in [5, 5.41) is 3.43. The standard InChI is InChI=1S/C19H21Cl2N3O4S/c1-23-5-7-24(8-6-23)29(26,27)18-9-13(3-4-17(18)28-2)19(25)22-16-11-14(20)10-15(21)12-16/h3-4,9-12H,5-8H2,1-2H3,(H,22,25). The van der Waals surface area contributed by atoms with Crippen LogP contribution in [-0.4, -0.2) is 63.9 Å². The van der Waals surface area contributed by atoms with Crippen LogP contribution < -0.4 is 10.1 Å². The zero-order chi connectivity index (χ0) is 21.2. The number of likely N-dealkylation sites (N-methyl/N-ethyl adjacent to an activating group) is 1. The summed E-state index contributed by atoms with van der Waals surface area (Å²) >= 11 is 11.9. The molecule has 1 amide bonds. The van der Waals surface area contributed by atoms with Gasteiger partial charge in [0.05, 0.1) is 7.11 Å². The SMILES string of the molecule is COc1ccc(C(=O)Nc2cc(Cl)cc(Cl)c2)cc1S(=O)(=O)N1CCN(C)CC1. The van der Waals surface area contributed by atoms with Crippen molar-refractivity contribution >= 4 is 44.8 Å². The van der Waals surface area contributed by atoms with Gasteiger partial charge >= 0.3 is 0 Å². The molecule has 1 aliphatic rings. The third-order valence-corrected chi connectivity index (χ3v) is 6.98. The number of halogens is 2. The summed E-state index contributed by atoms with van der Waals surface area (Å²) < 4.78 is 33.0. The Morgan fingerprint density at radius 3 is 2.24 bits per heavy atom. The Labute approximate surface area is 180 Å². The fourth-order valence-corrected chi connectivity index (χ4v) is 5.15. The van der Waals surface area contributed by atoms with Crippen molar-refractivity contribution in [2.75, 3.05) is 45.7 Å². The first-order valence-electron chi connectivity index (χ1n) is 8.85. The van der Waals surface area contributed by atoms with Gasteiger partial charge in [-0.2, -0.15) is 4.31 Å². The molecule has 1 N–H and O–H groups in total. The number of anilines is 1. The van der Waals surface area contributed by atoms with Gasteiger partial charge in [0.1, 0.15) is 10.6 Å². The zero-order valence-corrected chi connectivity index (χ0v) is 18.3. The Morgan fingerprint density at radius 1 is 1.03 bits per heavy atom. The molecule has 1 fully saturated rings. The second-order valence-electron chi connectivity index (χ2n) is 6.69. The second kappa shape index (κ2) is 8.89. The van der Waals surface area contributed by atoms with Crippen molar-refractivity contribution in [3.8, 4) is 5.75 Å². The molecule has 0 radical (unpaired) electrons. The number of methoxy groups -OCH3 is 1. The number of carbonyl (C=O) groups excluding carboxylic acids is 1. The van der Waals surface area contributed by atoms with E-state index in [4.69, 9.17) is 27.9 Å². The molecule has 0 aromatic heterocycles. The summed E-state index contributed by atoms with van der Waals surface area (Å²) in [6, 6.07) is 8.96. The van der Waals surface area contributed by atoms with Crippen molar-refractivity contribution in [1.82, 2.24) is 9.21 Å². The van der Waals surface area contributed by atoms with Gasteiger partial charge in [-0.3, -0.25) is 4.79 Å². The minimum Gasteiger partial charge on any atom is -0.495 e. The summed E-state index contributed by atoms with van der Waals surface area (Å²) in [7, 11) is -0.474. The van der Waals surface area contributed by atoms with E-state index in [1.165, 1.54) is 29.6 Å². The maximum Gasteiger partial charge on any atom is 0.255 e. The molecule has 29 heavy (non-hydrogen) atoms. The minimum absolute atomic E-state index is 0.0404. The molecular formula is C19H21Cl2N3O4S. The molecule has 0 aliphatic carbocycles. The van der Waals surface area contributed by atoms with Crippen LogP contribution >= 0.6 is 23.2 Å². The van der Waals surface area contributed by atoms with Crippen LogP contribution in [0, 0.1) is 0 Å². The number of ether oxygens (including phenoxy) is 1. The quantitative estimate of drug-likeness (QED) is 0.745. The Morgan fingerprint density at radius 2 is 1.66 bits per heavy atom. The van der Waals surface area contributed by atoms with Crippen LogP contribution in [0.2, 0.25) is 10.0 Å². The number of hydrogen-bond acceptors (Lipinski definition) is 5. The van der Waals surface area contributed by atoms with Gasteiger partial charge in [-0.1, -0.05) is 23.2 Å². The summed E-state index contributed by atoms with van der Waals surface area (Å²) in [5.74, 6) is -0.299. The topological polar surface area (TPSA) is 78.9 Å². The number of nitrogens with one attached hydrogen (secondary N) is 1. The number of nitrogens with zero attached hydrogens (tertiary/aromatic N) is 2. The van der Waals surface area contributed by atoms with Crippen molar-refractivity contribution in [1.29, 1.82) is 0 Å². The van der Waals surface area contributed by atoms with Crippen LogP contribution in [0.15, 0.2) is 41.3 Å². The Hall–Kier alpha value is -1.84. The van der Waals surface area contributed by atoms with Crippen LogP contribution in [0.3, 0.4) is 0 Å². The zero-order valence-electron chi connectivity index (χ0n) is 16.0. The van der Waals surface area contributed by atoms with Gasteiger partial charge in [0.15, 0.2) is 0 Å². The van der Waals surface area contributed by atoms with Gasteiger partial charge in [0, 0.05) is 47.5 Å². The third-order valence-electron chi connectivity index (χ3n) is 4.63.